The molecule has 0 spiro atoms. The number of imidazole rings is 1. The number of hydrogen-bond acceptors (Lipinski definition) is 3. The molecular weight excluding hydrogens is 422 g/mol. The Balaban J connectivity index is 1.31. The number of fused-ring (bicyclic) bond motifs is 1. The van der Waals surface area contributed by atoms with E-state index in [1.165, 1.54) is 0 Å². The lowest BCUT2D eigenvalue weighted by atomic mass is 10.1. The Morgan fingerprint density at radius 2 is 1.65 bits per heavy atom. The van der Waals surface area contributed by atoms with Crippen molar-refractivity contribution in [2.45, 2.75) is 45.6 Å². The summed E-state index contributed by atoms with van der Waals surface area (Å²) in [7, 11) is 1.71. The maximum Gasteiger partial charge on any atom is 0.224 e. The number of nitrogens with zero attached hydrogens (tertiary/aromatic N) is 2. The van der Waals surface area contributed by atoms with Crippen molar-refractivity contribution in [1.82, 2.24) is 14.9 Å². The number of rotatable bonds is 11. The largest absolute Gasteiger partial charge is 0.496 e. The molecule has 176 valence electrons. The van der Waals surface area contributed by atoms with Gasteiger partial charge in [-0.3, -0.25) is 4.79 Å². The van der Waals surface area contributed by atoms with Crippen molar-refractivity contribution in [3.63, 3.8) is 0 Å². The molecule has 0 bridgehead atoms. The second-order valence-electron chi connectivity index (χ2n) is 8.68. The van der Waals surface area contributed by atoms with Gasteiger partial charge in [-0.05, 0) is 49.1 Å². The molecule has 0 radical (unpaired) electrons. The minimum absolute atomic E-state index is 0.0906. The molecule has 0 atom stereocenters. The van der Waals surface area contributed by atoms with Gasteiger partial charge in [0.1, 0.15) is 11.6 Å². The first kappa shape index (κ1) is 23.6. The molecular formula is C29H33N3O2. The lowest BCUT2D eigenvalue weighted by Gasteiger charge is -2.13. The van der Waals surface area contributed by atoms with Crippen LogP contribution in [0.3, 0.4) is 0 Å². The van der Waals surface area contributed by atoms with Crippen molar-refractivity contribution in [3.8, 4) is 5.75 Å². The number of benzene rings is 3. The van der Waals surface area contributed by atoms with Crippen LogP contribution >= 0.6 is 0 Å². The van der Waals surface area contributed by atoms with E-state index in [2.05, 4.69) is 34.1 Å². The van der Waals surface area contributed by atoms with Crippen LogP contribution in [0.1, 0.15) is 41.8 Å². The van der Waals surface area contributed by atoms with Crippen LogP contribution in [0.2, 0.25) is 0 Å². The smallest absolute Gasteiger partial charge is 0.224 e. The van der Waals surface area contributed by atoms with Gasteiger partial charge in [0.2, 0.25) is 5.91 Å². The summed E-state index contributed by atoms with van der Waals surface area (Å²) in [4.78, 5) is 17.2. The molecule has 0 aliphatic rings. The zero-order valence-corrected chi connectivity index (χ0v) is 20.1. The second kappa shape index (κ2) is 11.5. The van der Waals surface area contributed by atoms with Crippen molar-refractivity contribution >= 4 is 16.9 Å². The molecule has 3 aromatic carbocycles. The highest BCUT2D eigenvalue weighted by Crippen LogP contribution is 2.24. The van der Waals surface area contributed by atoms with Gasteiger partial charge in [0.15, 0.2) is 0 Å². The highest BCUT2D eigenvalue weighted by atomic mass is 16.5. The van der Waals surface area contributed by atoms with Gasteiger partial charge in [-0.25, -0.2) is 4.98 Å². The SMILES string of the molecule is COc1ccccc1Cn1c(CCCCCNC(=O)Cc2ccccc2C)nc2ccccc21. The van der Waals surface area contributed by atoms with Crippen LogP contribution in [0.4, 0.5) is 0 Å². The number of amides is 1. The van der Waals surface area contributed by atoms with Crippen LogP contribution in [-0.4, -0.2) is 29.1 Å². The molecule has 0 fully saturated rings. The number of methoxy groups -OCH3 is 1. The van der Waals surface area contributed by atoms with Gasteiger partial charge < -0.3 is 14.6 Å². The lowest BCUT2D eigenvalue weighted by molar-refractivity contribution is -0.120. The summed E-state index contributed by atoms with van der Waals surface area (Å²) in [6, 6.07) is 24.5. The summed E-state index contributed by atoms with van der Waals surface area (Å²) in [6.45, 7) is 3.49. The standard InChI is InChI=1S/C29H33N3O2/c1-22-12-5-6-13-23(22)20-29(33)30-19-11-3-4-18-28-31-25-15-8-9-16-26(25)32(28)21-24-14-7-10-17-27(24)34-2/h5-10,12-17H,3-4,11,18-21H2,1-2H3,(H,30,33). The minimum atomic E-state index is 0.0906. The van der Waals surface area contributed by atoms with Crippen molar-refractivity contribution in [2.24, 2.45) is 0 Å². The van der Waals surface area contributed by atoms with Crippen LogP contribution in [0.5, 0.6) is 5.75 Å². The van der Waals surface area contributed by atoms with Crippen LogP contribution in [0, 0.1) is 6.92 Å². The average molecular weight is 456 g/mol. The third-order valence-electron chi connectivity index (χ3n) is 6.27. The third-order valence-corrected chi connectivity index (χ3v) is 6.27. The number of nitrogens with one attached hydrogen (secondary N) is 1. The number of aromatic nitrogens is 2. The molecule has 0 saturated carbocycles. The maximum atomic E-state index is 12.3. The lowest BCUT2D eigenvalue weighted by Crippen LogP contribution is -2.26. The van der Waals surface area contributed by atoms with E-state index in [0.717, 1.165) is 71.5 Å². The van der Waals surface area contributed by atoms with E-state index in [0.29, 0.717) is 13.0 Å². The van der Waals surface area contributed by atoms with Crippen LogP contribution < -0.4 is 10.1 Å². The van der Waals surface area contributed by atoms with Gasteiger partial charge in [0.05, 0.1) is 31.1 Å². The molecule has 1 heterocycles. The Bertz CT molecular complexity index is 1250. The summed E-state index contributed by atoms with van der Waals surface area (Å²) in [5.74, 6) is 2.08. The Hall–Kier alpha value is -3.60. The molecule has 5 heteroatoms. The van der Waals surface area contributed by atoms with Crippen molar-refractivity contribution in [2.75, 3.05) is 13.7 Å². The van der Waals surface area contributed by atoms with Gasteiger partial charge >= 0.3 is 0 Å². The van der Waals surface area contributed by atoms with Crippen molar-refractivity contribution in [1.29, 1.82) is 0 Å². The molecule has 1 aromatic heterocycles. The molecule has 0 unspecified atom stereocenters. The molecule has 1 amide bonds. The number of hydrogen-bond donors (Lipinski definition) is 1. The summed E-state index contributed by atoms with van der Waals surface area (Å²) >= 11 is 0. The van der Waals surface area contributed by atoms with Gasteiger partial charge in [-0.1, -0.05) is 61.0 Å². The third kappa shape index (κ3) is 5.84. The molecule has 5 nitrogen and oxygen atoms in total. The zero-order valence-electron chi connectivity index (χ0n) is 20.1. The predicted molar refractivity (Wildman–Crippen MR) is 137 cm³/mol. The molecule has 34 heavy (non-hydrogen) atoms. The molecule has 1 N–H and O–H groups in total. The summed E-state index contributed by atoms with van der Waals surface area (Å²) in [5.41, 5.74) is 5.57. The summed E-state index contributed by atoms with van der Waals surface area (Å²) < 4.78 is 7.87. The van der Waals surface area contributed by atoms with E-state index in [1.807, 2.05) is 55.5 Å². The van der Waals surface area contributed by atoms with E-state index in [9.17, 15) is 4.79 Å². The van der Waals surface area contributed by atoms with E-state index >= 15 is 0 Å². The number of carbonyl (C=O) groups excluding carboxylic acids is 1. The van der Waals surface area contributed by atoms with Crippen LogP contribution in [0.25, 0.3) is 11.0 Å². The molecule has 0 saturated heterocycles. The normalized spacial score (nSPS) is 11.0. The fourth-order valence-electron chi connectivity index (χ4n) is 4.35. The molecule has 0 aliphatic carbocycles. The second-order valence-corrected chi connectivity index (χ2v) is 8.68. The Labute approximate surface area is 201 Å². The number of unbranched alkanes of at least 4 members (excludes halogenated alkanes) is 2. The Morgan fingerprint density at radius 1 is 0.912 bits per heavy atom. The van der Waals surface area contributed by atoms with Gasteiger partial charge in [0.25, 0.3) is 0 Å². The predicted octanol–water partition coefficient (Wildman–Crippen LogP) is 5.47. The fourth-order valence-corrected chi connectivity index (χ4v) is 4.35. The highest BCUT2D eigenvalue weighted by molar-refractivity contribution is 5.79. The maximum absolute atomic E-state index is 12.3. The van der Waals surface area contributed by atoms with E-state index in [1.54, 1.807) is 7.11 Å². The number of para-hydroxylation sites is 3. The first-order valence-electron chi connectivity index (χ1n) is 12.0. The summed E-state index contributed by atoms with van der Waals surface area (Å²) in [5, 5.41) is 3.06. The van der Waals surface area contributed by atoms with E-state index in [-0.39, 0.29) is 5.91 Å². The van der Waals surface area contributed by atoms with Crippen molar-refractivity contribution < 1.29 is 9.53 Å². The van der Waals surface area contributed by atoms with Gasteiger partial charge in [-0.2, -0.15) is 0 Å². The number of ether oxygens (including phenoxy) is 1. The fraction of sp³-hybridized carbons (Fsp3) is 0.310. The van der Waals surface area contributed by atoms with Crippen LogP contribution in [-0.2, 0) is 24.2 Å². The van der Waals surface area contributed by atoms with E-state index < -0.39 is 0 Å². The van der Waals surface area contributed by atoms with Gasteiger partial charge in [0, 0.05) is 18.5 Å². The summed E-state index contributed by atoms with van der Waals surface area (Å²) in [6.07, 6.45) is 4.39. The van der Waals surface area contributed by atoms with E-state index in [4.69, 9.17) is 9.72 Å². The monoisotopic (exact) mass is 455 g/mol. The topological polar surface area (TPSA) is 56.1 Å². The molecule has 0 aliphatic heterocycles. The number of aryl methyl sites for hydroxylation is 2. The number of carbonyl (C=O) groups is 1. The minimum Gasteiger partial charge on any atom is -0.496 e. The first-order valence-corrected chi connectivity index (χ1v) is 12.0. The van der Waals surface area contributed by atoms with Gasteiger partial charge in [-0.15, -0.1) is 0 Å². The Morgan fingerprint density at radius 3 is 2.47 bits per heavy atom. The zero-order chi connectivity index (χ0) is 23.8. The van der Waals surface area contributed by atoms with Crippen LogP contribution in [0.15, 0.2) is 72.8 Å². The average Bonchev–Trinajstić information content (AvgIpc) is 3.20. The molecule has 4 rings (SSSR count). The molecule has 4 aromatic rings. The Kier molecular flexibility index (Phi) is 7.97. The van der Waals surface area contributed by atoms with Crippen molar-refractivity contribution in [3.05, 3.63) is 95.3 Å². The first-order chi connectivity index (χ1) is 16.7. The highest BCUT2D eigenvalue weighted by Gasteiger charge is 2.13. The quantitative estimate of drug-likeness (QED) is 0.305.